The third-order valence-electron chi connectivity index (χ3n) is 4.01. The highest BCUT2D eigenvalue weighted by molar-refractivity contribution is 5.69. The summed E-state index contributed by atoms with van der Waals surface area (Å²) >= 11 is 0. The van der Waals surface area contributed by atoms with E-state index in [0.29, 0.717) is 19.6 Å². The molecule has 0 heterocycles. The maximum atomic E-state index is 11.8. The Morgan fingerprint density at radius 1 is 0.769 bits per heavy atom. The number of rotatable bonds is 19. The van der Waals surface area contributed by atoms with Gasteiger partial charge in [0.05, 0.1) is 0 Å². The molecule has 154 valence electrons. The van der Waals surface area contributed by atoms with E-state index in [0.717, 1.165) is 64.2 Å². The van der Waals surface area contributed by atoms with E-state index in [1.165, 1.54) is 0 Å². The molecule has 0 radical (unpaired) electrons. The van der Waals surface area contributed by atoms with Crippen LogP contribution in [-0.2, 0) is 23.8 Å². The van der Waals surface area contributed by atoms with Gasteiger partial charge < -0.3 is 19.3 Å². The van der Waals surface area contributed by atoms with Crippen molar-refractivity contribution < 1.29 is 28.9 Å². The molecule has 0 aromatic carbocycles. The standard InChI is InChI=1S/C20H38O6/c1-3-5-15-24-20(25-16-6-4-2)17-26-19(23)14-12-10-8-7-9-11-13-18(21)22/h20H,3-17H2,1-2H3,(H,21,22). The smallest absolute Gasteiger partial charge is 0.305 e. The average Bonchev–Trinajstić information content (AvgIpc) is 2.61. The van der Waals surface area contributed by atoms with Crippen molar-refractivity contribution in [2.75, 3.05) is 19.8 Å². The molecule has 0 unspecified atom stereocenters. The van der Waals surface area contributed by atoms with E-state index in [1.807, 2.05) is 0 Å². The Hall–Kier alpha value is -1.14. The number of aliphatic carboxylic acids is 1. The fourth-order valence-electron chi connectivity index (χ4n) is 2.35. The summed E-state index contributed by atoms with van der Waals surface area (Å²) in [5.74, 6) is -0.942. The van der Waals surface area contributed by atoms with Gasteiger partial charge in [0.1, 0.15) is 6.61 Å². The van der Waals surface area contributed by atoms with E-state index in [9.17, 15) is 9.59 Å². The lowest BCUT2D eigenvalue weighted by atomic mass is 10.1. The van der Waals surface area contributed by atoms with Gasteiger partial charge in [-0.2, -0.15) is 0 Å². The summed E-state index contributed by atoms with van der Waals surface area (Å²) in [6, 6.07) is 0. The number of carboxylic acids is 1. The minimum absolute atomic E-state index is 0.154. The molecule has 0 aromatic heterocycles. The minimum Gasteiger partial charge on any atom is -0.481 e. The molecule has 1 N–H and O–H groups in total. The first-order valence-electron chi connectivity index (χ1n) is 10.2. The van der Waals surface area contributed by atoms with Gasteiger partial charge in [0, 0.05) is 26.1 Å². The fraction of sp³-hybridized carbons (Fsp3) is 0.900. The van der Waals surface area contributed by atoms with Crippen LogP contribution in [0, 0.1) is 0 Å². The number of carbonyl (C=O) groups excluding carboxylic acids is 1. The third kappa shape index (κ3) is 17.7. The zero-order chi connectivity index (χ0) is 19.5. The monoisotopic (exact) mass is 374 g/mol. The zero-order valence-electron chi connectivity index (χ0n) is 16.7. The van der Waals surface area contributed by atoms with Crippen molar-refractivity contribution in [2.45, 2.75) is 97.2 Å². The zero-order valence-corrected chi connectivity index (χ0v) is 16.7. The molecule has 0 aliphatic heterocycles. The number of hydrogen-bond acceptors (Lipinski definition) is 5. The molecule has 0 spiro atoms. The SMILES string of the molecule is CCCCOC(COC(=O)CCCCCCCCC(=O)O)OCCCC. The van der Waals surface area contributed by atoms with Crippen molar-refractivity contribution in [1.82, 2.24) is 0 Å². The highest BCUT2D eigenvalue weighted by atomic mass is 16.7. The van der Waals surface area contributed by atoms with Gasteiger partial charge in [0.2, 0.25) is 0 Å². The highest BCUT2D eigenvalue weighted by Crippen LogP contribution is 2.09. The summed E-state index contributed by atoms with van der Waals surface area (Å²) in [5.41, 5.74) is 0. The van der Waals surface area contributed by atoms with E-state index in [2.05, 4.69) is 13.8 Å². The number of esters is 1. The second kappa shape index (κ2) is 18.6. The van der Waals surface area contributed by atoms with E-state index in [1.54, 1.807) is 0 Å². The number of carboxylic acid groups (broad SMARTS) is 1. The summed E-state index contributed by atoms with van der Waals surface area (Å²) in [7, 11) is 0. The Kier molecular flexibility index (Phi) is 17.8. The van der Waals surface area contributed by atoms with E-state index >= 15 is 0 Å². The Labute approximate surface area is 158 Å². The molecule has 0 amide bonds. The van der Waals surface area contributed by atoms with Gasteiger partial charge in [-0.25, -0.2) is 0 Å². The minimum atomic E-state index is -0.733. The summed E-state index contributed by atoms with van der Waals surface area (Å²) < 4.78 is 16.6. The van der Waals surface area contributed by atoms with Crippen LogP contribution < -0.4 is 0 Å². The van der Waals surface area contributed by atoms with Gasteiger partial charge in [-0.15, -0.1) is 0 Å². The molecule has 0 bridgehead atoms. The normalized spacial score (nSPS) is 11.0. The molecule has 0 atom stereocenters. The Bertz CT molecular complexity index is 335. The molecule has 0 rings (SSSR count). The van der Waals surface area contributed by atoms with Crippen molar-refractivity contribution in [1.29, 1.82) is 0 Å². The number of unbranched alkanes of at least 4 members (excludes halogenated alkanes) is 7. The predicted octanol–water partition coefficient (Wildman–Crippen LogP) is 4.69. The van der Waals surface area contributed by atoms with Crippen LogP contribution in [-0.4, -0.2) is 43.2 Å². The largest absolute Gasteiger partial charge is 0.481 e. The van der Waals surface area contributed by atoms with Crippen molar-refractivity contribution in [2.24, 2.45) is 0 Å². The molecule has 0 aliphatic rings. The molecular weight excluding hydrogens is 336 g/mol. The number of hydrogen-bond donors (Lipinski definition) is 1. The first-order chi connectivity index (χ1) is 12.6. The molecule has 26 heavy (non-hydrogen) atoms. The lowest BCUT2D eigenvalue weighted by Gasteiger charge is -2.18. The molecule has 0 fully saturated rings. The van der Waals surface area contributed by atoms with Gasteiger partial charge in [-0.1, -0.05) is 52.4 Å². The molecule has 0 saturated heterocycles. The number of ether oxygens (including phenoxy) is 3. The van der Waals surface area contributed by atoms with Crippen LogP contribution in [0.3, 0.4) is 0 Å². The predicted molar refractivity (Wildman–Crippen MR) is 101 cm³/mol. The lowest BCUT2D eigenvalue weighted by Crippen LogP contribution is -2.26. The van der Waals surface area contributed by atoms with E-state index < -0.39 is 12.3 Å². The van der Waals surface area contributed by atoms with Crippen LogP contribution in [0.5, 0.6) is 0 Å². The van der Waals surface area contributed by atoms with Gasteiger partial charge in [0.25, 0.3) is 0 Å². The van der Waals surface area contributed by atoms with E-state index in [-0.39, 0.29) is 19.0 Å². The first kappa shape index (κ1) is 24.9. The summed E-state index contributed by atoms with van der Waals surface area (Å²) in [4.78, 5) is 22.2. The second-order valence-corrected chi connectivity index (χ2v) is 6.58. The first-order valence-corrected chi connectivity index (χ1v) is 10.2. The molecular formula is C20H38O6. The highest BCUT2D eigenvalue weighted by Gasteiger charge is 2.12. The summed E-state index contributed by atoms with van der Waals surface area (Å²) in [6.45, 7) is 5.59. The van der Waals surface area contributed by atoms with Crippen molar-refractivity contribution in [3.63, 3.8) is 0 Å². The lowest BCUT2D eigenvalue weighted by molar-refractivity contribution is -0.183. The van der Waals surface area contributed by atoms with Crippen LogP contribution in [0.25, 0.3) is 0 Å². The second-order valence-electron chi connectivity index (χ2n) is 6.58. The average molecular weight is 375 g/mol. The summed E-state index contributed by atoms with van der Waals surface area (Å²) in [6.07, 6.45) is 9.69. The van der Waals surface area contributed by atoms with Gasteiger partial charge in [-0.05, 0) is 25.7 Å². The fourth-order valence-corrected chi connectivity index (χ4v) is 2.35. The number of carbonyl (C=O) groups is 2. The van der Waals surface area contributed by atoms with Crippen molar-refractivity contribution in [3.8, 4) is 0 Å². The van der Waals surface area contributed by atoms with Crippen LogP contribution >= 0.6 is 0 Å². The molecule has 6 nitrogen and oxygen atoms in total. The maximum absolute atomic E-state index is 11.8. The quantitative estimate of drug-likeness (QED) is 0.201. The summed E-state index contributed by atoms with van der Waals surface area (Å²) in [5, 5.41) is 8.56. The Morgan fingerprint density at radius 3 is 1.77 bits per heavy atom. The third-order valence-corrected chi connectivity index (χ3v) is 4.01. The van der Waals surface area contributed by atoms with Crippen LogP contribution in [0.15, 0.2) is 0 Å². The topological polar surface area (TPSA) is 82.1 Å². The van der Waals surface area contributed by atoms with E-state index in [4.69, 9.17) is 19.3 Å². The Balaban J connectivity index is 3.71. The molecule has 6 heteroatoms. The van der Waals surface area contributed by atoms with Gasteiger partial charge >= 0.3 is 11.9 Å². The molecule has 0 aromatic rings. The van der Waals surface area contributed by atoms with Crippen LogP contribution in [0.2, 0.25) is 0 Å². The van der Waals surface area contributed by atoms with Gasteiger partial charge in [0.15, 0.2) is 6.29 Å². The van der Waals surface area contributed by atoms with Crippen molar-refractivity contribution >= 4 is 11.9 Å². The van der Waals surface area contributed by atoms with Gasteiger partial charge in [-0.3, -0.25) is 9.59 Å². The van der Waals surface area contributed by atoms with Crippen molar-refractivity contribution in [3.05, 3.63) is 0 Å². The molecule has 0 aliphatic carbocycles. The Morgan fingerprint density at radius 2 is 1.27 bits per heavy atom. The van der Waals surface area contributed by atoms with Crippen LogP contribution in [0.4, 0.5) is 0 Å². The van der Waals surface area contributed by atoms with Crippen LogP contribution in [0.1, 0.15) is 90.9 Å². The maximum Gasteiger partial charge on any atom is 0.305 e. The molecule has 0 saturated carbocycles.